The molecule has 0 radical (unpaired) electrons. The predicted molar refractivity (Wildman–Crippen MR) is 314 cm³/mol. The van der Waals surface area contributed by atoms with E-state index in [-0.39, 0.29) is 45.2 Å². The Kier molecular flexibility index (Phi) is 13.2. The van der Waals surface area contributed by atoms with E-state index in [4.69, 9.17) is 0 Å². The highest BCUT2D eigenvalue weighted by molar-refractivity contribution is 5.77. The Morgan fingerprint density at radius 2 is 1.54 bits per heavy atom. The molecule has 78 heavy (non-hydrogen) atoms. The summed E-state index contributed by atoms with van der Waals surface area (Å²) in [7, 11) is 0. The number of aliphatic carboxylic acids is 1. The van der Waals surface area contributed by atoms with Crippen molar-refractivity contribution in [1.29, 1.82) is 0 Å². The van der Waals surface area contributed by atoms with Gasteiger partial charge in [0.1, 0.15) is 5.75 Å². The third-order valence-corrected chi connectivity index (χ3v) is 24.1. The second-order valence-electron chi connectivity index (χ2n) is 27.5. The molecule has 2 bridgehead atoms. The van der Waals surface area contributed by atoms with Crippen molar-refractivity contribution in [3.63, 3.8) is 0 Å². The van der Waals surface area contributed by atoms with E-state index in [0.717, 1.165) is 88.2 Å². The van der Waals surface area contributed by atoms with Gasteiger partial charge >= 0.3 is 5.97 Å². The highest BCUT2D eigenvalue weighted by Crippen LogP contribution is 2.82. The molecule has 9 aliphatic rings. The summed E-state index contributed by atoms with van der Waals surface area (Å²) in [6.07, 6.45) is 29.1. The van der Waals surface area contributed by atoms with E-state index in [0.29, 0.717) is 42.9 Å². The van der Waals surface area contributed by atoms with Crippen LogP contribution in [-0.4, -0.2) is 38.6 Å². The average molecular weight is 1040 g/mol. The molecule has 12 unspecified atom stereocenters. The zero-order valence-electron chi connectivity index (χ0n) is 46.9. The highest BCUT2D eigenvalue weighted by Gasteiger charge is 2.76. The van der Waals surface area contributed by atoms with Crippen molar-refractivity contribution in [2.45, 2.75) is 161 Å². The number of carboxylic acid groups (broad SMARTS) is 1. The predicted octanol–water partition coefficient (Wildman–Crippen LogP) is 14.7. The number of hydrogen-bond acceptors (Lipinski definition) is 4. The molecule has 4 aromatic rings. The number of carboxylic acids is 1. The zero-order chi connectivity index (χ0) is 53.8. The van der Waals surface area contributed by atoms with E-state index in [1.165, 1.54) is 70.4 Å². The van der Waals surface area contributed by atoms with Crippen molar-refractivity contribution in [3.8, 4) is 16.9 Å². The molecule has 12 atom stereocenters. The molecular formula is C73H86O5. The number of rotatable bonds is 13. The van der Waals surface area contributed by atoms with E-state index in [9.17, 15) is 25.2 Å². The van der Waals surface area contributed by atoms with E-state index < -0.39 is 29.5 Å². The Morgan fingerprint density at radius 3 is 2.31 bits per heavy atom. The van der Waals surface area contributed by atoms with Crippen LogP contribution in [0.5, 0.6) is 5.75 Å². The van der Waals surface area contributed by atoms with E-state index >= 15 is 0 Å². The summed E-state index contributed by atoms with van der Waals surface area (Å²) in [5.74, 6) is 0.714. The topological polar surface area (TPSA) is 98.0 Å². The van der Waals surface area contributed by atoms with Gasteiger partial charge in [0.15, 0.2) is 0 Å². The van der Waals surface area contributed by atoms with Crippen LogP contribution in [0.2, 0.25) is 0 Å². The quantitative estimate of drug-likeness (QED) is 0.100. The lowest BCUT2D eigenvalue weighted by Crippen LogP contribution is -2.68. The first-order chi connectivity index (χ1) is 37.7. The number of hydrogen-bond donors (Lipinski definition) is 4. The largest absolute Gasteiger partial charge is 0.508 e. The number of allylic oxidation sites excluding steroid dienone is 7. The minimum Gasteiger partial charge on any atom is -0.508 e. The van der Waals surface area contributed by atoms with Crippen molar-refractivity contribution < 1.29 is 25.2 Å². The maximum Gasteiger partial charge on any atom is 0.306 e. The monoisotopic (exact) mass is 1040 g/mol. The number of aromatic hydroxyl groups is 1. The van der Waals surface area contributed by atoms with Crippen molar-refractivity contribution in [3.05, 3.63) is 172 Å². The fourth-order valence-electron chi connectivity index (χ4n) is 20.7. The summed E-state index contributed by atoms with van der Waals surface area (Å²) < 4.78 is 0. The molecule has 0 aliphatic heterocycles. The molecule has 4 aromatic carbocycles. The number of phenolic OH excluding ortho intramolecular Hbond substituents is 1. The number of aliphatic hydroxyl groups excluding tert-OH is 2. The Hall–Kier alpha value is -5.23. The van der Waals surface area contributed by atoms with Crippen LogP contribution in [0.1, 0.15) is 147 Å². The van der Waals surface area contributed by atoms with Gasteiger partial charge in [-0.3, -0.25) is 4.79 Å². The molecule has 9 aliphatic carbocycles. The zero-order valence-corrected chi connectivity index (χ0v) is 46.9. The Bertz CT molecular complexity index is 3200. The first kappa shape index (κ1) is 52.2. The molecule has 0 spiro atoms. The second-order valence-corrected chi connectivity index (χ2v) is 27.5. The lowest BCUT2D eigenvalue weighted by Gasteiger charge is -2.73. The fraction of sp³-hybridized carbons (Fsp3) is 0.521. The summed E-state index contributed by atoms with van der Waals surface area (Å²) in [5.41, 5.74) is 10.4. The van der Waals surface area contributed by atoms with Crippen LogP contribution < -0.4 is 10.4 Å². The van der Waals surface area contributed by atoms with Gasteiger partial charge in [-0.05, 0) is 200 Å². The van der Waals surface area contributed by atoms with Gasteiger partial charge in [-0.2, -0.15) is 0 Å². The van der Waals surface area contributed by atoms with Crippen LogP contribution in [0, 0.1) is 74.4 Å². The van der Waals surface area contributed by atoms with Crippen molar-refractivity contribution >= 4 is 17.6 Å². The number of carbonyl (C=O) groups is 1. The molecule has 0 aromatic heterocycles. The smallest absolute Gasteiger partial charge is 0.306 e. The summed E-state index contributed by atoms with van der Waals surface area (Å²) in [5, 5.41) is 50.2. The maximum atomic E-state index is 14.2. The third kappa shape index (κ3) is 8.06. The second kappa shape index (κ2) is 19.8. The Labute approximate surface area is 465 Å². The average Bonchev–Trinajstić information content (AvgIpc) is 1.39. The van der Waals surface area contributed by atoms with E-state index in [1.54, 1.807) is 23.3 Å². The number of phenols is 1. The third-order valence-electron chi connectivity index (χ3n) is 24.1. The molecule has 13 rings (SSSR count). The molecule has 0 amide bonds. The first-order valence-electron chi connectivity index (χ1n) is 30.8. The van der Waals surface area contributed by atoms with Crippen LogP contribution in [0.25, 0.3) is 22.8 Å². The van der Waals surface area contributed by atoms with Crippen LogP contribution in [0.4, 0.5) is 0 Å². The minimum absolute atomic E-state index is 0.0958. The van der Waals surface area contributed by atoms with Crippen molar-refractivity contribution in [1.82, 2.24) is 0 Å². The van der Waals surface area contributed by atoms with Gasteiger partial charge in [-0.15, -0.1) is 0 Å². The molecule has 4 fully saturated rings. The van der Waals surface area contributed by atoms with Gasteiger partial charge in [0, 0.05) is 33.5 Å². The molecule has 4 saturated carbocycles. The van der Waals surface area contributed by atoms with Gasteiger partial charge in [-0.25, -0.2) is 0 Å². The van der Waals surface area contributed by atoms with Gasteiger partial charge in [0.2, 0.25) is 0 Å². The van der Waals surface area contributed by atoms with Gasteiger partial charge in [0.05, 0.1) is 18.1 Å². The minimum atomic E-state index is -0.745. The van der Waals surface area contributed by atoms with Crippen molar-refractivity contribution in [2.24, 2.45) is 74.4 Å². The maximum absolute atomic E-state index is 14.2. The van der Waals surface area contributed by atoms with Gasteiger partial charge in [-0.1, -0.05) is 179 Å². The summed E-state index contributed by atoms with van der Waals surface area (Å²) in [6, 6.07) is 36.7. The van der Waals surface area contributed by atoms with Crippen LogP contribution >= 0.6 is 0 Å². The van der Waals surface area contributed by atoms with Crippen LogP contribution in [-0.2, 0) is 17.6 Å². The molecular weight excluding hydrogens is 957 g/mol. The first-order valence-corrected chi connectivity index (χ1v) is 30.8. The highest BCUT2D eigenvalue weighted by atomic mass is 16.4. The Balaban J connectivity index is 0.956. The lowest BCUT2D eigenvalue weighted by atomic mass is 9.30. The fourth-order valence-corrected chi connectivity index (χ4v) is 20.7. The number of fused-ring (bicyclic) bond motifs is 4. The molecule has 5 nitrogen and oxygen atoms in total. The lowest BCUT2D eigenvalue weighted by molar-refractivity contribution is -0.164. The van der Waals surface area contributed by atoms with E-state index in [1.807, 2.05) is 12.1 Å². The number of benzene rings is 4. The molecule has 0 saturated heterocycles. The van der Waals surface area contributed by atoms with E-state index in [2.05, 4.69) is 131 Å². The van der Waals surface area contributed by atoms with Gasteiger partial charge in [0.25, 0.3) is 0 Å². The van der Waals surface area contributed by atoms with Gasteiger partial charge < -0.3 is 20.4 Å². The summed E-state index contributed by atoms with van der Waals surface area (Å²) in [6.45, 7) is 12.0. The molecule has 4 N–H and O–H groups in total. The normalized spacial score (nSPS) is 36.4. The summed E-state index contributed by atoms with van der Waals surface area (Å²) >= 11 is 0. The van der Waals surface area contributed by atoms with Crippen molar-refractivity contribution in [2.75, 3.05) is 0 Å². The summed E-state index contributed by atoms with van der Waals surface area (Å²) in [4.78, 5) is 14.2. The molecule has 0 heterocycles. The molecule has 5 heteroatoms. The van der Waals surface area contributed by atoms with Crippen LogP contribution in [0.3, 0.4) is 0 Å². The Morgan fingerprint density at radius 1 is 0.795 bits per heavy atom. The van der Waals surface area contributed by atoms with Crippen LogP contribution in [0.15, 0.2) is 150 Å². The SMILES string of the molecule is C=C(CCC(C(=O)O)C1C(O)CC2(C3CCC(Cc4ccccc4)CC3)C3=C(CCC12C)C12CCC(O)C4(C)CC=CC(C=C5C(Cc6cccc(-c7ccc(O)cc7)c6)=c6ccccc6=CC51)(C3)C42)C(C)C1CCCCC1. The molecule has 408 valence electrons. The standard InChI is InChI=1S/C73H86O5/c1-46(47(2)51-18-9-6-10-19-51)23-32-58(67(77)78)66-64(75)45-73(55-28-24-49(25-29-55)39-48-15-7-5-8-16-48)63-44-71-36-14-35-69(3)65(76)34-38-72(68(69)71,61(63)33-37-70(66,73)4)62-42-54-20-11-12-22-57(54)59(60(62)43-71)41-50-17-13-21-53(40-50)52-26-30-56(74)31-27-52/h5,7-8,11-17,20-22,26-27,30-31,36,40,42-43,47,49,51,55,58,62,64-66,68,74-76H,1,6,9-10,18-19,23-25,28-29,32-35,37-39,41,44-45H2,2-4H3,(H,77,78). The number of aliphatic hydroxyl groups is 2.